The number of hydrogen-bond acceptors (Lipinski definition) is 6. The summed E-state index contributed by atoms with van der Waals surface area (Å²) in [6, 6.07) is 10.6. The highest BCUT2D eigenvalue weighted by Gasteiger charge is 2.17. The molecule has 0 aliphatic carbocycles. The monoisotopic (exact) mass is 488 g/mol. The van der Waals surface area contributed by atoms with Crippen LogP contribution in [0.15, 0.2) is 58.0 Å². The Bertz CT molecular complexity index is 1510. The van der Waals surface area contributed by atoms with Crippen LogP contribution in [0.2, 0.25) is 5.02 Å². The van der Waals surface area contributed by atoms with Crippen molar-refractivity contribution in [3.05, 3.63) is 80.9 Å². The SMILES string of the molecule is CNS(=O)(=O)Nc1cccc(Cc2c(C)c3ccc(Oc4nccn4C)cc3oc2=O)c1Cl. The van der Waals surface area contributed by atoms with Crippen LogP contribution in [0.1, 0.15) is 16.7 Å². The molecule has 0 unspecified atom stereocenters. The van der Waals surface area contributed by atoms with Crippen molar-refractivity contribution < 1.29 is 17.6 Å². The molecular formula is C22H21ClN4O5S. The van der Waals surface area contributed by atoms with Gasteiger partial charge in [0.15, 0.2) is 0 Å². The number of anilines is 1. The zero-order valence-corrected chi connectivity index (χ0v) is 19.6. The molecule has 0 aliphatic heterocycles. The third kappa shape index (κ3) is 4.72. The third-order valence-corrected chi connectivity index (χ3v) is 6.68. The summed E-state index contributed by atoms with van der Waals surface area (Å²) in [5.74, 6) is 0.486. The normalized spacial score (nSPS) is 11.6. The molecule has 2 heterocycles. The van der Waals surface area contributed by atoms with Gasteiger partial charge in [-0.2, -0.15) is 8.42 Å². The standard InChI is InChI=1S/C22H21ClN4O5S/c1-13-16-8-7-15(31-22-25-9-10-27(22)3)12-19(16)32-21(28)17(13)11-14-5-4-6-18(20(14)23)26-33(29,30)24-2/h4-10,12,24,26H,11H2,1-3H3. The average Bonchev–Trinajstić information content (AvgIpc) is 3.17. The number of nitrogens with zero attached hydrogens (tertiary/aromatic N) is 2. The zero-order chi connectivity index (χ0) is 23.8. The van der Waals surface area contributed by atoms with Gasteiger partial charge in [0.2, 0.25) is 0 Å². The number of aryl methyl sites for hydroxylation is 2. The Morgan fingerprint density at radius 1 is 1.24 bits per heavy atom. The highest BCUT2D eigenvalue weighted by atomic mass is 35.5. The van der Waals surface area contributed by atoms with Gasteiger partial charge >= 0.3 is 11.6 Å². The van der Waals surface area contributed by atoms with Crippen molar-refractivity contribution >= 4 is 38.5 Å². The van der Waals surface area contributed by atoms with Crippen molar-refractivity contribution in [1.82, 2.24) is 14.3 Å². The second kappa shape index (κ2) is 8.89. The Balaban J connectivity index is 1.69. The molecule has 0 radical (unpaired) electrons. The first-order valence-corrected chi connectivity index (χ1v) is 11.7. The van der Waals surface area contributed by atoms with Gasteiger partial charge < -0.3 is 13.7 Å². The molecule has 0 atom stereocenters. The molecule has 2 aromatic carbocycles. The summed E-state index contributed by atoms with van der Waals surface area (Å²) in [5.41, 5.74) is 1.83. The van der Waals surface area contributed by atoms with Crippen LogP contribution >= 0.6 is 11.6 Å². The smallest absolute Gasteiger partial charge is 0.340 e. The van der Waals surface area contributed by atoms with Crippen LogP contribution in [-0.4, -0.2) is 25.0 Å². The van der Waals surface area contributed by atoms with E-state index < -0.39 is 15.8 Å². The summed E-state index contributed by atoms with van der Waals surface area (Å²) in [6.45, 7) is 1.83. The molecule has 11 heteroatoms. The van der Waals surface area contributed by atoms with Gasteiger partial charge in [-0.25, -0.2) is 14.5 Å². The maximum atomic E-state index is 12.8. The average molecular weight is 489 g/mol. The van der Waals surface area contributed by atoms with Gasteiger partial charge in [-0.3, -0.25) is 4.72 Å². The number of halogens is 1. The van der Waals surface area contributed by atoms with E-state index >= 15 is 0 Å². The minimum Gasteiger partial charge on any atom is -0.425 e. The number of rotatable bonds is 7. The van der Waals surface area contributed by atoms with Crippen LogP contribution in [0.25, 0.3) is 11.0 Å². The van der Waals surface area contributed by atoms with E-state index in [9.17, 15) is 13.2 Å². The third-order valence-electron chi connectivity index (χ3n) is 5.20. The van der Waals surface area contributed by atoms with Crippen LogP contribution in [0, 0.1) is 6.92 Å². The lowest BCUT2D eigenvalue weighted by atomic mass is 9.99. The van der Waals surface area contributed by atoms with Crippen molar-refractivity contribution in [2.45, 2.75) is 13.3 Å². The fraction of sp³-hybridized carbons (Fsp3) is 0.182. The van der Waals surface area contributed by atoms with Gasteiger partial charge in [-0.05, 0) is 36.2 Å². The summed E-state index contributed by atoms with van der Waals surface area (Å²) in [6.07, 6.45) is 3.55. The number of fused-ring (bicyclic) bond motifs is 1. The first-order valence-electron chi connectivity index (χ1n) is 9.88. The number of benzene rings is 2. The molecule has 9 nitrogen and oxygen atoms in total. The van der Waals surface area contributed by atoms with Gasteiger partial charge in [-0.1, -0.05) is 23.7 Å². The van der Waals surface area contributed by atoms with Crippen LogP contribution in [0.4, 0.5) is 5.69 Å². The van der Waals surface area contributed by atoms with E-state index in [1.807, 2.05) is 20.0 Å². The molecule has 172 valence electrons. The molecule has 0 saturated carbocycles. The van der Waals surface area contributed by atoms with Crippen LogP contribution in [-0.2, 0) is 23.7 Å². The van der Waals surface area contributed by atoms with Crippen molar-refractivity contribution in [3.63, 3.8) is 0 Å². The lowest BCUT2D eigenvalue weighted by Gasteiger charge is -2.13. The maximum absolute atomic E-state index is 12.8. The second-order valence-corrected chi connectivity index (χ2v) is 9.34. The summed E-state index contributed by atoms with van der Waals surface area (Å²) in [7, 11) is -0.641. The van der Waals surface area contributed by atoms with E-state index in [1.54, 1.807) is 47.3 Å². The van der Waals surface area contributed by atoms with Gasteiger partial charge in [0.25, 0.3) is 10.2 Å². The molecule has 0 bridgehead atoms. The Morgan fingerprint density at radius 2 is 2.03 bits per heavy atom. The molecule has 2 N–H and O–H groups in total. The van der Waals surface area contributed by atoms with Gasteiger partial charge in [-0.15, -0.1) is 0 Å². The molecule has 0 aliphatic rings. The quantitative estimate of drug-likeness (QED) is 0.383. The predicted octanol–water partition coefficient (Wildman–Crippen LogP) is 3.75. The van der Waals surface area contributed by atoms with E-state index in [0.29, 0.717) is 28.5 Å². The molecule has 2 aromatic heterocycles. The summed E-state index contributed by atoms with van der Waals surface area (Å²) >= 11 is 6.43. The Hall–Kier alpha value is -3.34. The molecule has 4 aromatic rings. The number of aromatic nitrogens is 2. The number of ether oxygens (including phenoxy) is 1. The molecule has 0 amide bonds. The topological polar surface area (TPSA) is 115 Å². The molecule has 33 heavy (non-hydrogen) atoms. The Kier molecular flexibility index (Phi) is 6.15. The minimum atomic E-state index is -3.74. The zero-order valence-electron chi connectivity index (χ0n) is 18.0. The highest BCUT2D eigenvalue weighted by Crippen LogP contribution is 2.31. The lowest BCUT2D eigenvalue weighted by molar-refractivity contribution is 0.424. The number of imidazole rings is 1. The first-order chi connectivity index (χ1) is 15.7. The van der Waals surface area contributed by atoms with Crippen LogP contribution in [0.3, 0.4) is 0 Å². The first kappa shape index (κ1) is 22.8. The molecule has 0 saturated heterocycles. The van der Waals surface area contributed by atoms with Crippen LogP contribution in [0.5, 0.6) is 11.8 Å². The predicted molar refractivity (Wildman–Crippen MR) is 126 cm³/mol. The molecular weight excluding hydrogens is 468 g/mol. The van der Waals surface area contributed by atoms with Gasteiger partial charge in [0.05, 0.1) is 10.7 Å². The van der Waals surface area contributed by atoms with E-state index in [2.05, 4.69) is 14.4 Å². The van der Waals surface area contributed by atoms with Crippen molar-refractivity contribution in [3.8, 4) is 11.8 Å². The highest BCUT2D eigenvalue weighted by molar-refractivity contribution is 7.90. The number of nitrogens with one attached hydrogen (secondary N) is 2. The maximum Gasteiger partial charge on any atom is 0.340 e. The summed E-state index contributed by atoms with van der Waals surface area (Å²) < 4.78 is 41.2. The van der Waals surface area contributed by atoms with E-state index in [1.165, 1.54) is 7.05 Å². The summed E-state index contributed by atoms with van der Waals surface area (Å²) in [5, 5.41) is 0.953. The van der Waals surface area contributed by atoms with Gasteiger partial charge in [0.1, 0.15) is 11.3 Å². The van der Waals surface area contributed by atoms with Gasteiger partial charge in [0, 0.05) is 49.9 Å². The van der Waals surface area contributed by atoms with Crippen molar-refractivity contribution in [1.29, 1.82) is 0 Å². The fourth-order valence-electron chi connectivity index (χ4n) is 3.38. The fourth-order valence-corrected chi connectivity index (χ4v) is 4.24. The molecule has 0 fully saturated rings. The molecule has 0 spiro atoms. The van der Waals surface area contributed by atoms with E-state index in [-0.39, 0.29) is 17.1 Å². The Morgan fingerprint density at radius 3 is 2.73 bits per heavy atom. The van der Waals surface area contributed by atoms with E-state index in [0.717, 1.165) is 10.9 Å². The van der Waals surface area contributed by atoms with Crippen LogP contribution < -0.4 is 19.8 Å². The largest absolute Gasteiger partial charge is 0.425 e. The Labute approximate surface area is 195 Å². The number of hydrogen-bond donors (Lipinski definition) is 2. The van der Waals surface area contributed by atoms with E-state index in [4.69, 9.17) is 20.8 Å². The minimum absolute atomic E-state index is 0.170. The second-order valence-electron chi connectivity index (χ2n) is 7.34. The lowest BCUT2D eigenvalue weighted by Crippen LogP contribution is -2.26. The van der Waals surface area contributed by atoms with Crippen molar-refractivity contribution in [2.24, 2.45) is 7.05 Å². The van der Waals surface area contributed by atoms with Crippen molar-refractivity contribution in [2.75, 3.05) is 11.8 Å². The molecule has 4 rings (SSSR count). The summed E-state index contributed by atoms with van der Waals surface area (Å²) in [4.78, 5) is 16.9.